The molecular weight excluding hydrogens is 641 g/mol. The predicted molar refractivity (Wildman–Crippen MR) is 163 cm³/mol. The molecule has 2 amide bonds. The van der Waals surface area contributed by atoms with Crippen LogP contribution in [0.2, 0.25) is 0 Å². The van der Waals surface area contributed by atoms with Crippen LogP contribution in [0.1, 0.15) is 38.2 Å². The minimum absolute atomic E-state index is 0.0471. The summed E-state index contributed by atoms with van der Waals surface area (Å²) in [6.07, 6.45) is 3.83. The molecule has 1 fully saturated rings. The van der Waals surface area contributed by atoms with Gasteiger partial charge in [-0.2, -0.15) is 0 Å². The van der Waals surface area contributed by atoms with Crippen LogP contribution in [0, 0.1) is 5.82 Å². The van der Waals surface area contributed by atoms with Crippen molar-refractivity contribution in [2.45, 2.75) is 56.1 Å². The predicted octanol–water partition coefficient (Wildman–Crippen LogP) is 5.03. The number of hydrogen-bond acceptors (Lipinski definition) is 6. The van der Waals surface area contributed by atoms with E-state index in [9.17, 15) is 22.4 Å². The minimum atomic E-state index is -4.35. The first-order valence-electron chi connectivity index (χ1n) is 14.1. The third-order valence-corrected chi connectivity index (χ3v) is 9.93. The maximum Gasteiger partial charge on any atom is 0.264 e. The first-order chi connectivity index (χ1) is 20.6. The summed E-state index contributed by atoms with van der Waals surface area (Å²) in [4.78, 5) is 28.6. The number of amides is 2. The van der Waals surface area contributed by atoms with Crippen molar-refractivity contribution in [3.63, 3.8) is 0 Å². The Kier molecular flexibility index (Phi) is 9.55. The normalized spacial score (nSPS) is 15.5. The molecule has 9 nitrogen and oxygen atoms in total. The van der Waals surface area contributed by atoms with E-state index >= 15 is 0 Å². The Balaban J connectivity index is 1.48. The summed E-state index contributed by atoms with van der Waals surface area (Å²) in [6, 6.07) is 15.6. The second-order valence-electron chi connectivity index (χ2n) is 10.6. The van der Waals surface area contributed by atoms with Crippen LogP contribution in [0.15, 0.2) is 76.1 Å². The Morgan fingerprint density at radius 2 is 1.63 bits per heavy atom. The maximum atomic E-state index is 14.1. The summed E-state index contributed by atoms with van der Waals surface area (Å²) in [5.41, 5.74) is 0.858. The first-order valence-corrected chi connectivity index (χ1v) is 16.4. The van der Waals surface area contributed by atoms with Crippen LogP contribution in [0.25, 0.3) is 0 Å². The molecule has 0 bridgehead atoms. The van der Waals surface area contributed by atoms with E-state index in [-0.39, 0.29) is 41.4 Å². The number of nitrogens with zero attached hydrogens (tertiary/aromatic N) is 2. The molecule has 0 unspecified atom stereocenters. The number of rotatable bonds is 10. The topological polar surface area (TPSA) is 105 Å². The van der Waals surface area contributed by atoms with Gasteiger partial charge in [0.25, 0.3) is 10.0 Å². The van der Waals surface area contributed by atoms with Gasteiger partial charge in [-0.15, -0.1) is 0 Å². The molecule has 2 aliphatic rings. The number of ether oxygens (including phenoxy) is 2. The van der Waals surface area contributed by atoms with Gasteiger partial charge in [0.15, 0.2) is 11.5 Å². The summed E-state index contributed by atoms with van der Waals surface area (Å²) >= 11 is 3.41. The summed E-state index contributed by atoms with van der Waals surface area (Å²) in [7, 11) is -4.35. The number of carbonyl (C=O) groups is 2. The Labute approximate surface area is 259 Å². The van der Waals surface area contributed by atoms with Crippen LogP contribution in [-0.4, -0.2) is 57.0 Å². The van der Waals surface area contributed by atoms with Gasteiger partial charge in [0.1, 0.15) is 31.6 Å². The molecule has 1 atom stereocenters. The smallest absolute Gasteiger partial charge is 0.264 e. The van der Waals surface area contributed by atoms with Gasteiger partial charge >= 0.3 is 0 Å². The zero-order valence-corrected chi connectivity index (χ0v) is 26.1. The van der Waals surface area contributed by atoms with E-state index < -0.39 is 34.3 Å². The molecule has 1 saturated carbocycles. The van der Waals surface area contributed by atoms with Crippen molar-refractivity contribution in [2.75, 3.05) is 24.1 Å². The van der Waals surface area contributed by atoms with E-state index in [4.69, 9.17) is 9.47 Å². The molecule has 1 aliphatic heterocycles. The molecule has 0 spiro atoms. The average molecular weight is 675 g/mol. The third-order valence-electron chi connectivity index (χ3n) is 7.63. The molecule has 0 aromatic heterocycles. The Morgan fingerprint density at radius 3 is 2.30 bits per heavy atom. The molecule has 5 rings (SSSR count). The van der Waals surface area contributed by atoms with Gasteiger partial charge in [0.2, 0.25) is 11.8 Å². The fraction of sp³-hybridized carbons (Fsp3) is 0.355. The molecule has 3 aromatic rings. The molecule has 1 N–H and O–H groups in total. The van der Waals surface area contributed by atoms with Crippen molar-refractivity contribution in [3.8, 4) is 11.5 Å². The van der Waals surface area contributed by atoms with Gasteiger partial charge in [-0.1, -0.05) is 40.9 Å². The standard InChI is InChI=1S/C31H33BrFN3O6S/c1-21(31(38)34-25-4-2-3-5-25)35(19-22-6-8-23(32)9-7-22)30(37)20-36(26-12-10-24(33)11-13-26)43(39,40)27-14-15-28-29(18-27)42-17-16-41-28/h6-15,18,21,25H,2-5,16-17,19-20H2,1H3,(H,34,38)/t21-/m0/s1. The fourth-order valence-corrected chi connectivity index (χ4v) is 6.90. The summed E-state index contributed by atoms with van der Waals surface area (Å²) in [5.74, 6) is -0.771. The molecule has 43 heavy (non-hydrogen) atoms. The van der Waals surface area contributed by atoms with Crippen molar-refractivity contribution in [1.82, 2.24) is 10.2 Å². The molecule has 0 saturated heterocycles. The van der Waals surface area contributed by atoms with Crippen molar-refractivity contribution in [3.05, 3.63) is 82.6 Å². The molecule has 228 valence electrons. The third kappa shape index (κ3) is 7.30. The molecule has 12 heteroatoms. The minimum Gasteiger partial charge on any atom is -0.486 e. The van der Waals surface area contributed by atoms with Crippen molar-refractivity contribution >= 4 is 43.5 Å². The van der Waals surface area contributed by atoms with Crippen LogP contribution < -0.4 is 19.1 Å². The lowest BCUT2D eigenvalue weighted by Crippen LogP contribution is -2.52. The van der Waals surface area contributed by atoms with E-state index in [2.05, 4.69) is 21.2 Å². The summed E-state index contributed by atoms with van der Waals surface area (Å²) in [6.45, 7) is 1.70. The highest BCUT2D eigenvalue weighted by Gasteiger charge is 2.34. The number of carbonyl (C=O) groups excluding carboxylic acids is 2. The molecule has 3 aromatic carbocycles. The second kappa shape index (κ2) is 13.3. The number of fused-ring (bicyclic) bond motifs is 1. The zero-order chi connectivity index (χ0) is 30.6. The lowest BCUT2D eigenvalue weighted by Gasteiger charge is -2.32. The van der Waals surface area contributed by atoms with Gasteiger partial charge < -0.3 is 19.7 Å². The van der Waals surface area contributed by atoms with Crippen LogP contribution in [0.5, 0.6) is 11.5 Å². The highest BCUT2D eigenvalue weighted by Crippen LogP contribution is 2.34. The van der Waals surface area contributed by atoms with Gasteiger partial charge in [0, 0.05) is 23.1 Å². The lowest BCUT2D eigenvalue weighted by molar-refractivity contribution is -0.139. The van der Waals surface area contributed by atoms with E-state index in [0.29, 0.717) is 12.4 Å². The largest absolute Gasteiger partial charge is 0.486 e. The van der Waals surface area contributed by atoms with Gasteiger partial charge in [-0.3, -0.25) is 13.9 Å². The second-order valence-corrected chi connectivity index (χ2v) is 13.4. The van der Waals surface area contributed by atoms with E-state index in [1.807, 2.05) is 24.3 Å². The summed E-state index contributed by atoms with van der Waals surface area (Å²) in [5, 5.41) is 3.05. The highest BCUT2D eigenvalue weighted by molar-refractivity contribution is 9.10. The number of sulfonamides is 1. The van der Waals surface area contributed by atoms with Gasteiger partial charge in [-0.25, -0.2) is 12.8 Å². The Bertz CT molecular complexity index is 1560. The van der Waals surface area contributed by atoms with Crippen LogP contribution >= 0.6 is 15.9 Å². The van der Waals surface area contributed by atoms with E-state index in [0.717, 1.165) is 52.2 Å². The molecular formula is C31H33BrFN3O6S. The molecule has 0 radical (unpaired) electrons. The zero-order valence-electron chi connectivity index (χ0n) is 23.7. The number of benzene rings is 3. The monoisotopic (exact) mass is 673 g/mol. The van der Waals surface area contributed by atoms with Crippen molar-refractivity contribution in [2.24, 2.45) is 0 Å². The van der Waals surface area contributed by atoms with Crippen molar-refractivity contribution in [1.29, 1.82) is 0 Å². The number of halogens is 2. The maximum absolute atomic E-state index is 14.1. The van der Waals surface area contributed by atoms with Gasteiger partial charge in [-0.05, 0) is 73.9 Å². The Morgan fingerprint density at radius 1 is 0.977 bits per heavy atom. The Hall–Kier alpha value is -3.64. The fourth-order valence-electron chi connectivity index (χ4n) is 5.21. The number of anilines is 1. The van der Waals surface area contributed by atoms with Crippen LogP contribution in [0.3, 0.4) is 0 Å². The molecule has 1 aliphatic carbocycles. The first kappa shape index (κ1) is 30.8. The quantitative estimate of drug-likeness (QED) is 0.324. The SMILES string of the molecule is C[C@@H](C(=O)NC1CCCC1)N(Cc1ccc(Br)cc1)C(=O)CN(c1ccc(F)cc1)S(=O)(=O)c1ccc2c(c1)OCCO2. The lowest BCUT2D eigenvalue weighted by atomic mass is 10.1. The average Bonchev–Trinajstić information content (AvgIpc) is 3.52. The van der Waals surface area contributed by atoms with E-state index in [1.54, 1.807) is 6.92 Å². The van der Waals surface area contributed by atoms with E-state index in [1.165, 1.54) is 35.2 Å². The summed E-state index contributed by atoms with van der Waals surface area (Å²) < 4.78 is 54.9. The number of hydrogen-bond donors (Lipinski definition) is 1. The highest BCUT2D eigenvalue weighted by atomic mass is 79.9. The van der Waals surface area contributed by atoms with Gasteiger partial charge in [0.05, 0.1) is 10.6 Å². The van der Waals surface area contributed by atoms with Crippen LogP contribution in [0.4, 0.5) is 10.1 Å². The van der Waals surface area contributed by atoms with Crippen LogP contribution in [-0.2, 0) is 26.2 Å². The molecule has 1 heterocycles. The number of nitrogens with one attached hydrogen (secondary N) is 1. The van der Waals surface area contributed by atoms with Crippen molar-refractivity contribution < 1.29 is 31.9 Å².